The fourth-order valence-corrected chi connectivity index (χ4v) is 4.92. The highest BCUT2D eigenvalue weighted by atomic mass is 32.2. The number of ether oxygens (including phenoxy) is 2. The van der Waals surface area contributed by atoms with Gasteiger partial charge in [-0.25, -0.2) is 0 Å². The Morgan fingerprint density at radius 2 is 2.00 bits per heavy atom. The average Bonchev–Trinajstić information content (AvgIpc) is 3.45. The smallest absolute Gasteiger partial charge is 0.254 e. The van der Waals surface area contributed by atoms with E-state index < -0.39 is 0 Å². The Labute approximate surface area is 160 Å². The van der Waals surface area contributed by atoms with Crippen LogP contribution in [0.5, 0.6) is 0 Å². The van der Waals surface area contributed by atoms with Crippen molar-refractivity contribution in [1.29, 1.82) is 0 Å². The van der Waals surface area contributed by atoms with Crippen molar-refractivity contribution in [3.05, 3.63) is 29.8 Å². The molecule has 3 aliphatic rings. The minimum atomic E-state index is -0.186. The number of likely N-dealkylation sites (tertiary alicyclic amines) is 1. The monoisotopic (exact) mass is 375 g/mol. The fourth-order valence-electron chi connectivity index (χ4n) is 4.51. The number of nitrogens with zero attached hydrogens (tertiary/aromatic N) is 1. The second-order valence-corrected chi connectivity index (χ2v) is 8.81. The van der Waals surface area contributed by atoms with Crippen LogP contribution in [-0.2, 0) is 9.47 Å². The molecule has 4 rings (SSSR count). The Kier molecular flexibility index (Phi) is 5.31. The number of hydrogen-bond donors (Lipinski definition) is 0. The third-order valence-corrected chi connectivity index (χ3v) is 7.15. The van der Waals surface area contributed by atoms with Crippen LogP contribution in [0.25, 0.3) is 0 Å². The molecule has 0 bridgehead atoms. The lowest BCUT2D eigenvalue weighted by atomic mass is 9.79. The molecule has 1 aromatic rings. The predicted octanol–water partition coefficient (Wildman–Crippen LogP) is 3.99. The number of carbonyl (C=O) groups is 1. The van der Waals surface area contributed by atoms with Gasteiger partial charge in [0.2, 0.25) is 0 Å². The van der Waals surface area contributed by atoms with Crippen LogP contribution in [0.2, 0.25) is 0 Å². The fraction of sp³-hybridized carbons (Fsp3) is 0.667. The number of carbonyl (C=O) groups excluding carboxylic acids is 1. The molecule has 1 heterocycles. The number of fused-ring (bicyclic) bond motifs is 1. The molecule has 0 radical (unpaired) electrons. The lowest BCUT2D eigenvalue weighted by molar-refractivity contribution is -0.0977. The first kappa shape index (κ1) is 18.3. The molecule has 4 nitrogen and oxygen atoms in total. The van der Waals surface area contributed by atoms with Gasteiger partial charge in [0.15, 0.2) is 0 Å². The molecule has 0 spiro atoms. The molecule has 1 aromatic carbocycles. The second kappa shape index (κ2) is 7.53. The van der Waals surface area contributed by atoms with Gasteiger partial charge < -0.3 is 14.4 Å². The van der Waals surface area contributed by atoms with E-state index in [4.69, 9.17) is 9.47 Å². The van der Waals surface area contributed by atoms with E-state index in [2.05, 4.69) is 0 Å². The van der Waals surface area contributed by atoms with Crippen LogP contribution in [-0.4, -0.2) is 55.1 Å². The summed E-state index contributed by atoms with van der Waals surface area (Å²) in [6, 6.07) is 8.08. The molecule has 3 atom stereocenters. The largest absolute Gasteiger partial charge is 0.378 e. The molecule has 0 N–H and O–H groups in total. The van der Waals surface area contributed by atoms with Crippen LogP contribution in [0.15, 0.2) is 29.2 Å². The van der Waals surface area contributed by atoms with Crippen LogP contribution in [0.4, 0.5) is 0 Å². The summed E-state index contributed by atoms with van der Waals surface area (Å²) in [6.07, 6.45) is 8.79. The van der Waals surface area contributed by atoms with E-state index in [0.717, 1.165) is 50.3 Å². The summed E-state index contributed by atoms with van der Waals surface area (Å²) in [5.41, 5.74) is 0.588. The number of amides is 1. The van der Waals surface area contributed by atoms with E-state index in [0.29, 0.717) is 0 Å². The van der Waals surface area contributed by atoms with Gasteiger partial charge in [0.05, 0.1) is 17.7 Å². The highest BCUT2D eigenvalue weighted by molar-refractivity contribution is 7.98. The number of benzene rings is 1. The van der Waals surface area contributed by atoms with Crippen molar-refractivity contribution in [2.75, 3.05) is 26.5 Å². The van der Waals surface area contributed by atoms with Crippen LogP contribution in [0, 0.1) is 5.92 Å². The standard InChI is InChI=1S/C21H29NO3S/c1-24-21-10-9-17(25-14-15-3-4-15)13-19(21)22(12-11-21)20(23)16-5-7-18(26-2)8-6-16/h5-8,15,17,19H,3-4,9-14H2,1-2H3/t17-,19-,21+/m0/s1. The van der Waals surface area contributed by atoms with Gasteiger partial charge in [0, 0.05) is 30.7 Å². The molecule has 2 aliphatic carbocycles. The Morgan fingerprint density at radius 3 is 2.65 bits per heavy atom. The van der Waals surface area contributed by atoms with E-state index in [1.807, 2.05) is 35.4 Å². The highest BCUT2D eigenvalue weighted by Crippen LogP contribution is 2.44. The lowest BCUT2D eigenvalue weighted by Crippen LogP contribution is -2.53. The topological polar surface area (TPSA) is 38.8 Å². The maximum Gasteiger partial charge on any atom is 0.254 e. The molecule has 2 saturated carbocycles. The van der Waals surface area contributed by atoms with Crippen molar-refractivity contribution in [2.45, 2.75) is 61.2 Å². The van der Waals surface area contributed by atoms with Gasteiger partial charge in [-0.1, -0.05) is 0 Å². The van der Waals surface area contributed by atoms with E-state index in [1.54, 1.807) is 18.9 Å². The maximum absolute atomic E-state index is 13.2. The molecule has 3 fully saturated rings. The Morgan fingerprint density at radius 1 is 1.23 bits per heavy atom. The third kappa shape index (κ3) is 3.54. The van der Waals surface area contributed by atoms with Crippen molar-refractivity contribution in [3.8, 4) is 0 Å². The number of methoxy groups -OCH3 is 1. The van der Waals surface area contributed by atoms with Crippen molar-refractivity contribution >= 4 is 17.7 Å². The zero-order valence-corrected chi connectivity index (χ0v) is 16.6. The molecule has 1 saturated heterocycles. The second-order valence-electron chi connectivity index (χ2n) is 7.93. The highest BCUT2D eigenvalue weighted by Gasteiger charge is 2.52. The van der Waals surface area contributed by atoms with Crippen molar-refractivity contribution in [2.24, 2.45) is 5.92 Å². The molecule has 1 amide bonds. The van der Waals surface area contributed by atoms with E-state index in [9.17, 15) is 4.79 Å². The van der Waals surface area contributed by atoms with Crippen molar-refractivity contribution in [3.63, 3.8) is 0 Å². The first-order chi connectivity index (χ1) is 12.6. The summed E-state index contributed by atoms with van der Waals surface area (Å²) in [5, 5.41) is 0. The first-order valence-electron chi connectivity index (χ1n) is 9.77. The SMILES string of the molecule is CO[C@@]12CC[C@H](OCC3CC3)C[C@@H]1N(C(=O)c1ccc(SC)cc1)CC2. The summed E-state index contributed by atoms with van der Waals surface area (Å²) < 4.78 is 12.2. The van der Waals surface area contributed by atoms with Gasteiger partial charge in [0.1, 0.15) is 0 Å². The van der Waals surface area contributed by atoms with E-state index in [-0.39, 0.29) is 23.7 Å². The summed E-state index contributed by atoms with van der Waals surface area (Å²) in [5.74, 6) is 0.907. The summed E-state index contributed by atoms with van der Waals surface area (Å²) in [4.78, 5) is 16.4. The predicted molar refractivity (Wildman–Crippen MR) is 104 cm³/mol. The molecule has 0 unspecified atom stereocenters. The normalized spacial score (nSPS) is 31.1. The van der Waals surface area contributed by atoms with Crippen LogP contribution in [0.3, 0.4) is 0 Å². The van der Waals surface area contributed by atoms with Crippen molar-refractivity contribution in [1.82, 2.24) is 4.90 Å². The van der Waals surface area contributed by atoms with Crippen LogP contribution < -0.4 is 0 Å². The summed E-state index contributed by atoms with van der Waals surface area (Å²) in [7, 11) is 1.81. The molecular weight excluding hydrogens is 346 g/mol. The lowest BCUT2D eigenvalue weighted by Gasteiger charge is -2.43. The quantitative estimate of drug-likeness (QED) is 0.705. The molecule has 5 heteroatoms. The molecule has 0 aromatic heterocycles. The molecular formula is C21H29NO3S. The van der Waals surface area contributed by atoms with Crippen LogP contribution in [0.1, 0.15) is 48.9 Å². The molecule has 1 aliphatic heterocycles. The summed E-state index contributed by atoms with van der Waals surface area (Å²) >= 11 is 1.69. The zero-order chi connectivity index (χ0) is 18.1. The maximum atomic E-state index is 13.2. The number of hydrogen-bond acceptors (Lipinski definition) is 4. The van der Waals surface area contributed by atoms with Gasteiger partial charge in [0.25, 0.3) is 5.91 Å². The average molecular weight is 376 g/mol. The summed E-state index contributed by atoms with van der Waals surface area (Å²) in [6.45, 7) is 1.67. The van der Waals surface area contributed by atoms with Gasteiger partial charge >= 0.3 is 0 Å². The van der Waals surface area contributed by atoms with Crippen LogP contribution >= 0.6 is 11.8 Å². The van der Waals surface area contributed by atoms with Crippen molar-refractivity contribution < 1.29 is 14.3 Å². The zero-order valence-electron chi connectivity index (χ0n) is 15.8. The van der Waals surface area contributed by atoms with Gasteiger partial charge in [-0.3, -0.25) is 4.79 Å². The van der Waals surface area contributed by atoms with Gasteiger partial charge in [-0.2, -0.15) is 0 Å². The van der Waals surface area contributed by atoms with Gasteiger partial charge in [-0.05, 0) is 75.0 Å². The third-order valence-electron chi connectivity index (χ3n) is 6.40. The minimum absolute atomic E-state index is 0.123. The Hall–Kier alpha value is -1.04. The molecule has 142 valence electrons. The van der Waals surface area contributed by atoms with E-state index >= 15 is 0 Å². The number of thioether (sulfide) groups is 1. The Balaban J connectivity index is 1.48. The van der Waals surface area contributed by atoms with E-state index in [1.165, 1.54) is 17.7 Å². The molecule has 26 heavy (non-hydrogen) atoms. The van der Waals surface area contributed by atoms with Gasteiger partial charge in [-0.15, -0.1) is 11.8 Å². The minimum Gasteiger partial charge on any atom is -0.378 e. The Bertz CT molecular complexity index is 645. The first-order valence-corrected chi connectivity index (χ1v) is 11.0. The number of rotatable bonds is 6.